The Morgan fingerprint density at radius 3 is 2.68 bits per heavy atom. The molecule has 0 atom stereocenters. The molecule has 3 heterocycles. The van der Waals surface area contributed by atoms with E-state index in [1.165, 1.54) is 4.57 Å². The van der Waals surface area contributed by atoms with Crippen LogP contribution in [-0.4, -0.2) is 21.3 Å². The Bertz CT molecular complexity index is 1310. The molecule has 1 N–H and O–H groups in total. The molecule has 1 aliphatic rings. The molecule has 28 heavy (non-hydrogen) atoms. The van der Waals surface area contributed by atoms with Gasteiger partial charge in [0.25, 0.3) is 5.56 Å². The van der Waals surface area contributed by atoms with Crippen molar-refractivity contribution < 1.29 is 9.47 Å². The lowest BCUT2D eigenvalue weighted by Crippen LogP contribution is -2.31. The second-order valence-electron chi connectivity index (χ2n) is 6.46. The molecule has 5 rings (SSSR count). The van der Waals surface area contributed by atoms with Gasteiger partial charge in [-0.2, -0.15) is 0 Å². The fraction of sp³-hybridized carbons (Fsp3) is 0.0952. The number of fused-ring (bicyclic) bond motifs is 2. The quantitative estimate of drug-likeness (QED) is 0.596. The molecule has 7 heteroatoms. The summed E-state index contributed by atoms with van der Waals surface area (Å²) in [7, 11) is 0. The topological polar surface area (TPSA) is 86.2 Å². The summed E-state index contributed by atoms with van der Waals surface area (Å²) in [6, 6.07) is 16.8. The highest BCUT2D eigenvalue weighted by molar-refractivity contribution is 5.92. The van der Waals surface area contributed by atoms with Gasteiger partial charge in [0.2, 0.25) is 6.79 Å². The molecule has 0 amide bonds. The zero-order chi connectivity index (χ0) is 19.1. The maximum Gasteiger partial charge on any atom is 0.330 e. The Morgan fingerprint density at radius 1 is 1.00 bits per heavy atom. The summed E-state index contributed by atoms with van der Waals surface area (Å²) in [5.74, 6) is 1.29. The van der Waals surface area contributed by atoms with E-state index in [0.29, 0.717) is 34.6 Å². The van der Waals surface area contributed by atoms with Gasteiger partial charge in [0.15, 0.2) is 11.5 Å². The first-order chi connectivity index (χ1) is 13.7. The van der Waals surface area contributed by atoms with E-state index in [0.717, 1.165) is 11.1 Å². The van der Waals surface area contributed by atoms with Gasteiger partial charge in [0.1, 0.15) is 5.65 Å². The summed E-state index contributed by atoms with van der Waals surface area (Å²) >= 11 is 0. The molecule has 2 aromatic heterocycles. The molecule has 0 radical (unpaired) electrons. The van der Waals surface area contributed by atoms with Crippen molar-refractivity contribution in [1.29, 1.82) is 0 Å². The number of H-pyrrole nitrogens is 1. The maximum atomic E-state index is 12.7. The molecule has 1 aliphatic heterocycles. The highest BCUT2D eigenvalue weighted by atomic mass is 16.7. The zero-order valence-corrected chi connectivity index (χ0v) is 14.7. The maximum absolute atomic E-state index is 12.7. The third-order valence-electron chi connectivity index (χ3n) is 4.75. The lowest BCUT2D eigenvalue weighted by molar-refractivity contribution is 0.174. The van der Waals surface area contributed by atoms with E-state index in [-0.39, 0.29) is 6.79 Å². The van der Waals surface area contributed by atoms with E-state index in [1.807, 2.05) is 42.5 Å². The summed E-state index contributed by atoms with van der Waals surface area (Å²) in [5, 5.41) is 0.358. The van der Waals surface area contributed by atoms with Gasteiger partial charge in [-0.25, -0.2) is 9.78 Å². The predicted molar refractivity (Wildman–Crippen MR) is 104 cm³/mol. The molecular weight excluding hydrogens is 358 g/mol. The first-order valence-corrected chi connectivity index (χ1v) is 8.76. The van der Waals surface area contributed by atoms with Crippen LogP contribution in [0.4, 0.5) is 0 Å². The molecule has 138 valence electrons. The molecule has 0 aliphatic carbocycles. The minimum Gasteiger partial charge on any atom is -0.454 e. The van der Waals surface area contributed by atoms with Gasteiger partial charge in [-0.3, -0.25) is 14.3 Å². The fourth-order valence-electron chi connectivity index (χ4n) is 3.42. The van der Waals surface area contributed by atoms with Gasteiger partial charge < -0.3 is 9.47 Å². The summed E-state index contributed by atoms with van der Waals surface area (Å²) in [6.45, 7) is 0.484. The smallest absolute Gasteiger partial charge is 0.330 e. The van der Waals surface area contributed by atoms with Crippen molar-refractivity contribution in [2.45, 2.75) is 6.54 Å². The van der Waals surface area contributed by atoms with Crippen molar-refractivity contribution in [3.8, 4) is 22.6 Å². The Morgan fingerprint density at radius 2 is 1.82 bits per heavy atom. The van der Waals surface area contributed by atoms with E-state index in [1.54, 1.807) is 18.3 Å². The van der Waals surface area contributed by atoms with Crippen LogP contribution < -0.4 is 20.7 Å². The van der Waals surface area contributed by atoms with Crippen LogP contribution in [0.3, 0.4) is 0 Å². The molecule has 7 nitrogen and oxygen atoms in total. The third kappa shape index (κ3) is 2.64. The number of hydrogen-bond donors (Lipinski definition) is 1. The van der Waals surface area contributed by atoms with Crippen molar-refractivity contribution in [3.05, 3.63) is 87.2 Å². The third-order valence-corrected chi connectivity index (χ3v) is 4.75. The number of pyridine rings is 1. The van der Waals surface area contributed by atoms with Crippen LogP contribution in [-0.2, 0) is 6.54 Å². The van der Waals surface area contributed by atoms with Crippen LogP contribution in [0.25, 0.3) is 22.2 Å². The predicted octanol–water partition coefficient (Wildman–Crippen LogP) is 2.53. The summed E-state index contributed by atoms with van der Waals surface area (Å²) in [6.07, 6.45) is 1.60. The molecule has 2 aromatic carbocycles. The second kappa shape index (κ2) is 6.38. The summed E-state index contributed by atoms with van der Waals surface area (Å²) in [4.78, 5) is 31.9. The summed E-state index contributed by atoms with van der Waals surface area (Å²) in [5.41, 5.74) is 1.78. The molecule has 0 fully saturated rings. The lowest BCUT2D eigenvalue weighted by Gasteiger charge is -2.12. The van der Waals surface area contributed by atoms with E-state index in [2.05, 4.69) is 9.97 Å². The Hall–Kier alpha value is -3.87. The number of rotatable bonds is 3. The SMILES string of the molecule is O=c1[nH]c(=O)n(Cc2ccccc2)c2nccc(-c3ccc4c(c3)OCO4)c12. The number of benzene rings is 2. The molecule has 4 aromatic rings. The van der Waals surface area contributed by atoms with Crippen molar-refractivity contribution in [1.82, 2.24) is 14.5 Å². The number of hydrogen-bond acceptors (Lipinski definition) is 5. The monoisotopic (exact) mass is 373 g/mol. The van der Waals surface area contributed by atoms with Crippen molar-refractivity contribution >= 4 is 11.0 Å². The fourth-order valence-corrected chi connectivity index (χ4v) is 3.42. The largest absolute Gasteiger partial charge is 0.454 e. The van der Waals surface area contributed by atoms with Crippen molar-refractivity contribution in [3.63, 3.8) is 0 Å². The molecule has 0 saturated carbocycles. The van der Waals surface area contributed by atoms with Crippen molar-refractivity contribution in [2.75, 3.05) is 6.79 Å². The Balaban J connectivity index is 1.73. The van der Waals surface area contributed by atoms with Crippen molar-refractivity contribution in [2.24, 2.45) is 0 Å². The number of nitrogens with one attached hydrogen (secondary N) is 1. The van der Waals surface area contributed by atoms with E-state index >= 15 is 0 Å². The van der Waals surface area contributed by atoms with Crippen LogP contribution in [0.1, 0.15) is 5.56 Å². The van der Waals surface area contributed by atoms with Gasteiger partial charge in [0, 0.05) is 6.20 Å². The molecule has 0 unspecified atom stereocenters. The Labute approximate surface area is 158 Å². The standard InChI is InChI=1S/C21H15N3O4/c25-20-18-15(14-6-7-16-17(10-14)28-12-27-16)8-9-22-19(18)24(21(26)23-20)11-13-4-2-1-3-5-13/h1-10H,11-12H2,(H,23,25,26). The van der Waals surface area contributed by atoms with E-state index < -0.39 is 11.2 Å². The highest BCUT2D eigenvalue weighted by Crippen LogP contribution is 2.36. The summed E-state index contributed by atoms with van der Waals surface area (Å²) < 4.78 is 12.3. The molecular formula is C21H15N3O4. The van der Waals surface area contributed by atoms with Gasteiger partial charge in [-0.1, -0.05) is 36.4 Å². The molecule has 0 spiro atoms. The second-order valence-corrected chi connectivity index (χ2v) is 6.46. The van der Waals surface area contributed by atoms with Gasteiger partial charge in [-0.05, 0) is 34.9 Å². The average molecular weight is 373 g/mol. The normalized spacial score (nSPS) is 12.4. The minimum absolute atomic E-state index is 0.174. The number of ether oxygens (including phenoxy) is 2. The minimum atomic E-state index is -0.489. The Kier molecular flexibility index (Phi) is 3.72. The van der Waals surface area contributed by atoms with Crippen LogP contribution >= 0.6 is 0 Å². The van der Waals surface area contributed by atoms with Crippen LogP contribution in [0.2, 0.25) is 0 Å². The molecule has 0 bridgehead atoms. The van der Waals surface area contributed by atoms with Gasteiger partial charge >= 0.3 is 5.69 Å². The number of aromatic amines is 1. The highest BCUT2D eigenvalue weighted by Gasteiger charge is 2.18. The van der Waals surface area contributed by atoms with Crippen LogP contribution in [0.5, 0.6) is 11.5 Å². The zero-order valence-electron chi connectivity index (χ0n) is 14.7. The van der Waals surface area contributed by atoms with Crippen LogP contribution in [0, 0.1) is 0 Å². The number of aromatic nitrogens is 3. The van der Waals surface area contributed by atoms with E-state index in [4.69, 9.17) is 9.47 Å². The van der Waals surface area contributed by atoms with Crippen LogP contribution in [0.15, 0.2) is 70.4 Å². The lowest BCUT2D eigenvalue weighted by atomic mass is 10.0. The van der Waals surface area contributed by atoms with Gasteiger partial charge in [0.05, 0.1) is 11.9 Å². The average Bonchev–Trinajstić information content (AvgIpc) is 3.19. The molecule has 0 saturated heterocycles. The first-order valence-electron chi connectivity index (χ1n) is 8.76. The van der Waals surface area contributed by atoms with E-state index in [9.17, 15) is 9.59 Å². The first kappa shape index (κ1) is 16.3. The number of nitrogens with zero attached hydrogens (tertiary/aromatic N) is 2. The van der Waals surface area contributed by atoms with Gasteiger partial charge in [-0.15, -0.1) is 0 Å².